The van der Waals surface area contributed by atoms with E-state index in [4.69, 9.17) is 14.6 Å². The summed E-state index contributed by atoms with van der Waals surface area (Å²) in [6.45, 7) is 1.39. The molecule has 0 aromatic heterocycles. The number of benzene rings is 2. The summed E-state index contributed by atoms with van der Waals surface area (Å²) in [4.78, 5) is 35.5. The van der Waals surface area contributed by atoms with Crippen molar-refractivity contribution in [2.45, 2.75) is 24.9 Å². The highest BCUT2D eigenvalue weighted by Crippen LogP contribution is 2.44. The molecule has 1 aliphatic rings. The molecule has 2 amide bonds. The third-order valence-electron chi connectivity index (χ3n) is 5.02. The van der Waals surface area contributed by atoms with Crippen molar-refractivity contribution in [1.29, 1.82) is 0 Å². The van der Waals surface area contributed by atoms with E-state index in [1.54, 1.807) is 0 Å². The summed E-state index contributed by atoms with van der Waals surface area (Å²) >= 11 is 0. The van der Waals surface area contributed by atoms with E-state index in [1.807, 2.05) is 48.5 Å². The molecule has 8 nitrogen and oxygen atoms in total. The Labute approximate surface area is 174 Å². The molecule has 0 heterocycles. The van der Waals surface area contributed by atoms with E-state index in [1.165, 1.54) is 14.0 Å². The van der Waals surface area contributed by atoms with E-state index in [2.05, 4.69) is 10.6 Å². The molecule has 0 unspecified atom stereocenters. The summed E-state index contributed by atoms with van der Waals surface area (Å²) in [7, 11) is 1.33. The van der Waals surface area contributed by atoms with Gasteiger partial charge in [0.05, 0.1) is 6.61 Å². The van der Waals surface area contributed by atoms with Crippen molar-refractivity contribution in [1.82, 2.24) is 10.6 Å². The monoisotopic (exact) mass is 412 g/mol. The van der Waals surface area contributed by atoms with Gasteiger partial charge in [0.25, 0.3) is 0 Å². The van der Waals surface area contributed by atoms with Crippen LogP contribution in [0.3, 0.4) is 0 Å². The summed E-state index contributed by atoms with van der Waals surface area (Å²) in [5, 5.41) is 13.8. The molecule has 8 heteroatoms. The molecule has 158 valence electrons. The van der Waals surface area contributed by atoms with Crippen LogP contribution in [0.5, 0.6) is 0 Å². The number of carbonyl (C=O) groups is 3. The second-order valence-electron chi connectivity index (χ2n) is 7.05. The standard InChI is InChI=1S/C22H24N2O6/c1-13(20(25)24-19(12-29-2)21(26)27)23-22(28)30-11-18-16-9-5-3-7-14(16)15-8-4-6-10-17(15)18/h3-10,13,18-19H,11-12H2,1-2H3,(H,23,28)(H,24,25)(H,26,27)/t13-,19+/m1/s1. The Bertz CT molecular complexity index is 899. The minimum Gasteiger partial charge on any atom is -0.480 e. The van der Waals surface area contributed by atoms with Gasteiger partial charge >= 0.3 is 12.1 Å². The van der Waals surface area contributed by atoms with Gasteiger partial charge in [-0.05, 0) is 29.2 Å². The number of hydrogen-bond donors (Lipinski definition) is 3. The van der Waals surface area contributed by atoms with E-state index >= 15 is 0 Å². The van der Waals surface area contributed by atoms with E-state index in [9.17, 15) is 14.4 Å². The third kappa shape index (κ3) is 4.60. The van der Waals surface area contributed by atoms with E-state index in [0.717, 1.165) is 22.3 Å². The van der Waals surface area contributed by atoms with Gasteiger partial charge in [-0.2, -0.15) is 0 Å². The number of amides is 2. The Morgan fingerprint density at radius 3 is 2.10 bits per heavy atom. The molecule has 0 radical (unpaired) electrons. The van der Waals surface area contributed by atoms with Crippen molar-refractivity contribution in [3.63, 3.8) is 0 Å². The number of carboxylic acids is 1. The maximum absolute atomic E-state index is 12.2. The van der Waals surface area contributed by atoms with Crippen LogP contribution in [-0.2, 0) is 19.1 Å². The van der Waals surface area contributed by atoms with Gasteiger partial charge in [-0.25, -0.2) is 9.59 Å². The van der Waals surface area contributed by atoms with Crippen LogP contribution in [0.15, 0.2) is 48.5 Å². The lowest BCUT2D eigenvalue weighted by Gasteiger charge is -2.19. The molecule has 1 aliphatic carbocycles. The van der Waals surface area contributed by atoms with Crippen LogP contribution < -0.4 is 10.6 Å². The normalized spacial score (nSPS) is 14.2. The second kappa shape index (κ2) is 9.41. The molecular formula is C22H24N2O6. The van der Waals surface area contributed by atoms with Crippen molar-refractivity contribution < 1.29 is 29.0 Å². The molecule has 2 aromatic carbocycles. The predicted molar refractivity (Wildman–Crippen MR) is 109 cm³/mol. The van der Waals surface area contributed by atoms with E-state index in [-0.39, 0.29) is 19.1 Å². The predicted octanol–water partition coefficient (Wildman–Crippen LogP) is 2.13. The summed E-state index contributed by atoms with van der Waals surface area (Å²) in [6.07, 6.45) is -0.752. The summed E-state index contributed by atoms with van der Waals surface area (Å²) in [5.41, 5.74) is 4.41. The first-order valence-corrected chi connectivity index (χ1v) is 9.56. The number of aliphatic carboxylic acids is 1. The van der Waals surface area contributed by atoms with Crippen molar-refractivity contribution in [3.8, 4) is 11.1 Å². The maximum Gasteiger partial charge on any atom is 0.407 e. The lowest BCUT2D eigenvalue weighted by Crippen LogP contribution is -2.51. The Hall–Kier alpha value is -3.39. The first kappa shape index (κ1) is 21.3. The Morgan fingerprint density at radius 1 is 1.00 bits per heavy atom. The van der Waals surface area contributed by atoms with Crippen LogP contribution >= 0.6 is 0 Å². The number of methoxy groups -OCH3 is 1. The Morgan fingerprint density at radius 2 is 1.57 bits per heavy atom. The lowest BCUT2D eigenvalue weighted by molar-refractivity contribution is -0.143. The Balaban J connectivity index is 1.58. The van der Waals surface area contributed by atoms with E-state index < -0.39 is 30.1 Å². The van der Waals surface area contributed by atoms with Crippen molar-refractivity contribution >= 4 is 18.0 Å². The first-order valence-electron chi connectivity index (χ1n) is 9.56. The van der Waals surface area contributed by atoms with Crippen LogP contribution in [0.25, 0.3) is 11.1 Å². The molecule has 0 bridgehead atoms. The fourth-order valence-corrected chi connectivity index (χ4v) is 3.52. The molecule has 0 aliphatic heterocycles. The van der Waals surface area contributed by atoms with Crippen molar-refractivity contribution in [2.75, 3.05) is 20.3 Å². The van der Waals surface area contributed by atoms with Crippen LogP contribution in [0, 0.1) is 0 Å². The molecular weight excluding hydrogens is 388 g/mol. The van der Waals surface area contributed by atoms with Crippen LogP contribution in [-0.4, -0.2) is 55.5 Å². The average Bonchev–Trinajstić information content (AvgIpc) is 3.05. The molecule has 2 atom stereocenters. The number of rotatable bonds is 8. The smallest absolute Gasteiger partial charge is 0.407 e. The molecule has 30 heavy (non-hydrogen) atoms. The zero-order valence-corrected chi connectivity index (χ0v) is 16.8. The van der Waals surface area contributed by atoms with Crippen LogP contribution in [0.4, 0.5) is 4.79 Å². The van der Waals surface area contributed by atoms with Crippen molar-refractivity contribution in [3.05, 3.63) is 59.7 Å². The summed E-state index contributed by atoms with van der Waals surface area (Å²) in [5.74, 6) is -1.96. The number of fused-ring (bicyclic) bond motifs is 3. The molecule has 0 fully saturated rings. The van der Waals surface area contributed by atoms with Gasteiger partial charge in [0.15, 0.2) is 6.04 Å². The number of carboxylic acid groups (broad SMARTS) is 1. The van der Waals surface area contributed by atoms with Gasteiger partial charge in [0.1, 0.15) is 12.6 Å². The zero-order chi connectivity index (χ0) is 21.7. The number of ether oxygens (including phenoxy) is 2. The fourth-order valence-electron chi connectivity index (χ4n) is 3.52. The second-order valence-corrected chi connectivity index (χ2v) is 7.05. The largest absolute Gasteiger partial charge is 0.480 e. The zero-order valence-electron chi connectivity index (χ0n) is 16.8. The first-order chi connectivity index (χ1) is 14.4. The topological polar surface area (TPSA) is 114 Å². The molecule has 3 rings (SSSR count). The fraction of sp³-hybridized carbons (Fsp3) is 0.318. The number of alkyl carbamates (subject to hydrolysis) is 1. The van der Waals surface area contributed by atoms with Gasteiger partial charge in [0, 0.05) is 13.0 Å². The molecule has 3 N–H and O–H groups in total. The van der Waals surface area contributed by atoms with Crippen LogP contribution in [0.1, 0.15) is 24.0 Å². The van der Waals surface area contributed by atoms with Gasteiger partial charge < -0.3 is 25.2 Å². The number of nitrogens with one attached hydrogen (secondary N) is 2. The lowest BCUT2D eigenvalue weighted by atomic mass is 9.98. The SMILES string of the molecule is COC[C@H](NC(=O)[C@@H](C)NC(=O)OCC1c2ccccc2-c2ccccc21)C(=O)O. The highest BCUT2D eigenvalue weighted by Gasteiger charge is 2.29. The highest BCUT2D eigenvalue weighted by atomic mass is 16.5. The quantitative estimate of drug-likeness (QED) is 0.612. The average molecular weight is 412 g/mol. The molecule has 0 saturated heterocycles. The van der Waals surface area contributed by atoms with Gasteiger partial charge in [-0.15, -0.1) is 0 Å². The third-order valence-corrected chi connectivity index (χ3v) is 5.02. The minimum atomic E-state index is -1.22. The molecule has 2 aromatic rings. The highest BCUT2D eigenvalue weighted by molar-refractivity contribution is 5.89. The maximum atomic E-state index is 12.2. The Kier molecular flexibility index (Phi) is 6.68. The number of carbonyl (C=O) groups excluding carboxylic acids is 2. The van der Waals surface area contributed by atoms with Gasteiger partial charge in [0.2, 0.25) is 5.91 Å². The number of hydrogen-bond acceptors (Lipinski definition) is 5. The molecule has 0 saturated carbocycles. The summed E-state index contributed by atoms with van der Waals surface area (Å²) < 4.78 is 10.2. The molecule has 0 spiro atoms. The van der Waals surface area contributed by atoms with Crippen molar-refractivity contribution in [2.24, 2.45) is 0 Å². The minimum absolute atomic E-state index is 0.0922. The van der Waals surface area contributed by atoms with E-state index in [0.29, 0.717) is 0 Å². The summed E-state index contributed by atoms with van der Waals surface area (Å²) in [6, 6.07) is 13.8. The van der Waals surface area contributed by atoms with Crippen LogP contribution in [0.2, 0.25) is 0 Å². The van der Waals surface area contributed by atoms with Gasteiger partial charge in [-0.1, -0.05) is 48.5 Å². The van der Waals surface area contributed by atoms with Gasteiger partial charge in [-0.3, -0.25) is 4.79 Å².